The smallest absolute Gasteiger partial charge is 0.0198 e. The zero-order valence-corrected chi connectivity index (χ0v) is 12.5. The van der Waals surface area contributed by atoms with Gasteiger partial charge in [-0.15, -0.1) is 0 Å². The molecule has 0 radical (unpaired) electrons. The van der Waals surface area contributed by atoms with Gasteiger partial charge in [0.15, 0.2) is 0 Å². The van der Waals surface area contributed by atoms with Crippen molar-refractivity contribution in [2.24, 2.45) is 11.8 Å². The van der Waals surface area contributed by atoms with Crippen molar-refractivity contribution in [3.05, 3.63) is 0 Å². The molecule has 1 N–H and O–H groups in total. The third kappa shape index (κ3) is 5.39. The molecule has 0 bridgehead atoms. The molecule has 0 saturated carbocycles. The van der Waals surface area contributed by atoms with E-state index in [1.165, 1.54) is 32.4 Å². The third-order valence-electron chi connectivity index (χ3n) is 3.86. The van der Waals surface area contributed by atoms with Gasteiger partial charge in [-0.3, -0.25) is 4.90 Å². The number of hydrogen-bond acceptors (Lipinski definition) is 2. The SMILES string of the molecule is CCCC(C)CN1CC(CC(C)C)NCC1C. The maximum absolute atomic E-state index is 3.69. The van der Waals surface area contributed by atoms with Gasteiger partial charge in [0.1, 0.15) is 0 Å². The van der Waals surface area contributed by atoms with Crippen LogP contribution >= 0.6 is 0 Å². The lowest BCUT2D eigenvalue weighted by atomic mass is 9.98. The highest BCUT2D eigenvalue weighted by molar-refractivity contribution is 4.85. The van der Waals surface area contributed by atoms with E-state index in [0.29, 0.717) is 12.1 Å². The molecule has 1 fully saturated rings. The average Bonchev–Trinajstić information content (AvgIpc) is 2.22. The number of nitrogens with one attached hydrogen (secondary N) is 1. The van der Waals surface area contributed by atoms with Crippen molar-refractivity contribution in [1.29, 1.82) is 0 Å². The van der Waals surface area contributed by atoms with Crippen molar-refractivity contribution < 1.29 is 0 Å². The largest absolute Gasteiger partial charge is 0.311 e. The number of hydrogen-bond donors (Lipinski definition) is 1. The van der Waals surface area contributed by atoms with Gasteiger partial charge in [0.05, 0.1) is 0 Å². The summed E-state index contributed by atoms with van der Waals surface area (Å²) in [5.74, 6) is 1.65. The minimum atomic E-state index is 0.706. The van der Waals surface area contributed by atoms with Gasteiger partial charge >= 0.3 is 0 Å². The third-order valence-corrected chi connectivity index (χ3v) is 3.86. The van der Waals surface area contributed by atoms with Crippen LogP contribution in [-0.2, 0) is 0 Å². The molecule has 3 unspecified atom stereocenters. The van der Waals surface area contributed by atoms with E-state index >= 15 is 0 Å². The molecule has 2 nitrogen and oxygen atoms in total. The molecular weight excluding hydrogens is 208 g/mol. The van der Waals surface area contributed by atoms with Crippen LogP contribution in [0.4, 0.5) is 0 Å². The molecule has 0 aromatic heterocycles. The molecule has 2 heteroatoms. The second kappa shape index (κ2) is 7.38. The Bertz CT molecular complexity index is 203. The molecule has 0 aromatic rings. The molecule has 0 aliphatic carbocycles. The van der Waals surface area contributed by atoms with Crippen LogP contribution in [0.2, 0.25) is 0 Å². The molecular formula is C15H32N2. The molecule has 1 aliphatic heterocycles. The molecule has 0 aromatic carbocycles. The topological polar surface area (TPSA) is 15.3 Å². The Labute approximate surface area is 108 Å². The van der Waals surface area contributed by atoms with Gasteiger partial charge in [-0.2, -0.15) is 0 Å². The lowest BCUT2D eigenvalue weighted by Gasteiger charge is -2.40. The zero-order chi connectivity index (χ0) is 12.8. The second-order valence-corrected chi connectivity index (χ2v) is 6.43. The lowest BCUT2D eigenvalue weighted by Crippen LogP contribution is -2.56. The van der Waals surface area contributed by atoms with Crippen molar-refractivity contribution in [3.63, 3.8) is 0 Å². The van der Waals surface area contributed by atoms with Crippen LogP contribution in [-0.4, -0.2) is 36.6 Å². The highest BCUT2D eigenvalue weighted by Crippen LogP contribution is 2.16. The van der Waals surface area contributed by atoms with Crippen LogP contribution in [0.3, 0.4) is 0 Å². The van der Waals surface area contributed by atoms with Crippen LogP contribution in [0, 0.1) is 11.8 Å². The molecule has 1 aliphatic rings. The minimum Gasteiger partial charge on any atom is -0.311 e. The summed E-state index contributed by atoms with van der Waals surface area (Å²) in [6.45, 7) is 15.4. The molecule has 3 atom stereocenters. The van der Waals surface area contributed by atoms with Crippen molar-refractivity contribution in [2.45, 2.75) is 66.0 Å². The maximum atomic E-state index is 3.69. The maximum Gasteiger partial charge on any atom is 0.0198 e. The van der Waals surface area contributed by atoms with E-state index in [4.69, 9.17) is 0 Å². The van der Waals surface area contributed by atoms with E-state index < -0.39 is 0 Å². The highest BCUT2D eigenvalue weighted by atomic mass is 15.2. The van der Waals surface area contributed by atoms with Crippen molar-refractivity contribution in [2.75, 3.05) is 19.6 Å². The van der Waals surface area contributed by atoms with Gasteiger partial charge in [0.25, 0.3) is 0 Å². The van der Waals surface area contributed by atoms with Crippen molar-refractivity contribution in [3.8, 4) is 0 Å². The standard InChI is InChI=1S/C15H32N2/c1-6-7-13(4)10-17-11-15(8-12(2)3)16-9-14(17)5/h12-16H,6-11H2,1-5H3. The van der Waals surface area contributed by atoms with Crippen LogP contribution < -0.4 is 5.32 Å². The van der Waals surface area contributed by atoms with Crippen molar-refractivity contribution in [1.82, 2.24) is 10.2 Å². The number of nitrogens with zero attached hydrogens (tertiary/aromatic N) is 1. The quantitative estimate of drug-likeness (QED) is 0.767. The first-order valence-electron chi connectivity index (χ1n) is 7.50. The minimum absolute atomic E-state index is 0.706. The fourth-order valence-electron chi connectivity index (χ4n) is 2.96. The fraction of sp³-hybridized carbons (Fsp3) is 1.00. The normalized spacial score (nSPS) is 28.6. The Hall–Kier alpha value is -0.0800. The molecule has 0 amide bonds. The van der Waals surface area contributed by atoms with Crippen LogP contribution in [0.1, 0.15) is 53.9 Å². The predicted molar refractivity (Wildman–Crippen MR) is 76.4 cm³/mol. The summed E-state index contributed by atoms with van der Waals surface area (Å²) in [5, 5.41) is 3.69. The van der Waals surface area contributed by atoms with Crippen LogP contribution in [0.15, 0.2) is 0 Å². The van der Waals surface area contributed by atoms with Gasteiger partial charge in [0, 0.05) is 31.7 Å². The van der Waals surface area contributed by atoms with Crippen LogP contribution in [0.5, 0.6) is 0 Å². The average molecular weight is 240 g/mol. The summed E-state index contributed by atoms with van der Waals surface area (Å²) in [4.78, 5) is 2.70. The van der Waals surface area contributed by atoms with E-state index in [2.05, 4.69) is 44.8 Å². The van der Waals surface area contributed by atoms with Gasteiger partial charge in [-0.1, -0.05) is 34.1 Å². The highest BCUT2D eigenvalue weighted by Gasteiger charge is 2.25. The number of piperazine rings is 1. The van der Waals surface area contributed by atoms with E-state index in [-0.39, 0.29) is 0 Å². The Morgan fingerprint density at radius 1 is 1.29 bits per heavy atom. The predicted octanol–water partition coefficient (Wildman–Crippen LogP) is 3.13. The summed E-state index contributed by atoms with van der Waals surface area (Å²) in [6.07, 6.45) is 3.99. The van der Waals surface area contributed by atoms with Gasteiger partial charge < -0.3 is 5.32 Å². The first kappa shape index (κ1) is 15.0. The van der Waals surface area contributed by atoms with E-state index in [1.54, 1.807) is 0 Å². The summed E-state index contributed by atoms with van der Waals surface area (Å²) in [6, 6.07) is 1.41. The van der Waals surface area contributed by atoms with E-state index in [0.717, 1.165) is 18.4 Å². The van der Waals surface area contributed by atoms with Gasteiger partial charge in [0.2, 0.25) is 0 Å². The Morgan fingerprint density at radius 2 is 2.00 bits per heavy atom. The summed E-state index contributed by atoms with van der Waals surface area (Å²) < 4.78 is 0. The Kier molecular flexibility index (Phi) is 6.50. The Balaban J connectivity index is 2.40. The molecule has 1 saturated heterocycles. The van der Waals surface area contributed by atoms with Gasteiger partial charge in [-0.05, 0) is 31.6 Å². The van der Waals surface area contributed by atoms with Gasteiger partial charge in [-0.25, -0.2) is 0 Å². The van der Waals surface area contributed by atoms with E-state index in [1.807, 2.05) is 0 Å². The second-order valence-electron chi connectivity index (χ2n) is 6.43. The fourth-order valence-corrected chi connectivity index (χ4v) is 2.96. The summed E-state index contributed by atoms with van der Waals surface area (Å²) in [5.41, 5.74) is 0. The van der Waals surface area contributed by atoms with Crippen molar-refractivity contribution >= 4 is 0 Å². The Morgan fingerprint density at radius 3 is 2.59 bits per heavy atom. The molecule has 17 heavy (non-hydrogen) atoms. The van der Waals surface area contributed by atoms with E-state index in [9.17, 15) is 0 Å². The zero-order valence-electron chi connectivity index (χ0n) is 12.5. The first-order valence-corrected chi connectivity index (χ1v) is 7.50. The first-order chi connectivity index (χ1) is 8.02. The molecule has 102 valence electrons. The number of rotatable bonds is 6. The molecule has 0 spiro atoms. The monoisotopic (exact) mass is 240 g/mol. The molecule has 1 heterocycles. The summed E-state index contributed by atoms with van der Waals surface area (Å²) in [7, 11) is 0. The lowest BCUT2D eigenvalue weighted by molar-refractivity contribution is 0.113. The summed E-state index contributed by atoms with van der Waals surface area (Å²) >= 11 is 0. The molecule has 1 rings (SSSR count). The van der Waals surface area contributed by atoms with Crippen LogP contribution in [0.25, 0.3) is 0 Å².